The second-order valence-electron chi connectivity index (χ2n) is 5.63. The van der Waals surface area contributed by atoms with Crippen molar-refractivity contribution in [1.82, 2.24) is 9.78 Å². The molecule has 3 aromatic rings. The summed E-state index contributed by atoms with van der Waals surface area (Å²) in [5.41, 5.74) is -0.0743. The van der Waals surface area contributed by atoms with E-state index >= 15 is 0 Å². The number of furan rings is 1. The Balaban J connectivity index is 1.54. The number of amides is 1. The summed E-state index contributed by atoms with van der Waals surface area (Å²) in [7, 11) is 0. The van der Waals surface area contributed by atoms with E-state index in [-0.39, 0.29) is 29.5 Å². The van der Waals surface area contributed by atoms with E-state index in [0.717, 1.165) is 6.07 Å². The summed E-state index contributed by atoms with van der Waals surface area (Å²) in [6, 6.07) is 8.38. The lowest BCUT2D eigenvalue weighted by Crippen LogP contribution is -2.15. The number of carbonyl (C=O) groups is 2. The minimum Gasteiger partial charge on any atom is -0.456 e. The number of Topliss-reactive ketones (excluding diaryl/α,β-unsaturated/α-hetero) is 1. The topological polar surface area (TPSA) is 86.4 Å². The zero-order valence-corrected chi connectivity index (χ0v) is 14.2. The fourth-order valence-electron chi connectivity index (χ4n) is 2.27. The van der Waals surface area contributed by atoms with Crippen LogP contribution in [0, 0.1) is 11.6 Å². The fourth-order valence-corrected chi connectivity index (χ4v) is 2.27. The van der Waals surface area contributed by atoms with Gasteiger partial charge in [0.1, 0.15) is 12.4 Å². The smallest absolute Gasteiger partial charge is 0.413 e. The molecule has 7 nitrogen and oxygen atoms in total. The van der Waals surface area contributed by atoms with Gasteiger partial charge in [-0.1, -0.05) is 12.1 Å². The van der Waals surface area contributed by atoms with Crippen molar-refractivity contribution < 1.29 is 27.5 Å². The highest BCUT2D eigenvalue weighted by molar-refractivity contribution is 5.91. The first-order valence-corrected chi connectivity index (χ1v) is 7.92. The molecule has 0 radical (unpaired) electrons. The molecule has 0 atom stereocenters. The van der Waals surface area contributed by atoms with E-state index in [4.69, 9.17) is 9.15 Å². The number of benzene rings is 1. The van der Waals surface area contributed by atoms with Crippen molar-refractivity contribution in [3.05, 3.63) is 71.3 Å². The molecule has 0 aliphatic carbocycles. The quantitative estimate of drug-likeness (QED) is 0.663. The number of hydrogen-bond donors (Lipinski definition) is 1. The predicted octanol–water partition coefficient (Wildman–Crippen LogP) is 3.75. The Kier molecular flexibility index (Phi) is 5.30. The third kappa shape index (κ3) is 4.57. The highest BCUT2D eigenvalue weighted by atomic mass is 19.2. The van der Waals surface area contributed by atoms with Gasteiger partial charge in [-0.2, -0.15) is 5.10 Å². The van der Waals surface area contributed by atoms with Gasteiger partial charge in [-0.25, -0.2) is 13.6 Å². The Bertz CT molecular complexity index is 981. The van der Waals surface area contributed by atoms with Gasteiger partial charge < -0.3 is 9.15 Å². The minimum absolute atomic E-state index is 0.0743. The molecule has 2 aromatic heterocycles. The number of carbonyl (C=O) groups excluding carboxylic acids is 2. The molecule has 0 fully saturated rings. The number of nitrogens with one attached hydrogen (secondary N) is 1. The number of nitrogens with zero attached hydrogens (tertiary/aromatic N) is 2. The number of ketones is 1. The lowest BCUT2D eigenvalue weighted by Gasteiger charge is -2.06. The van der Waals surface area contributed by atoms with Gasteiger partial charge in [0.05, 0.1) is 6.54 Å². The molecule has 1 amide bonds. The Morgan fingerprint density at radius 3 is 2.78 bits per heavy atom. The van der Waals surface area contributed by atoms with Crippen LogP contribution in [0.3, 0.4) is 0 Å². The second-order valence-corrected chi connectivity index (χ2v) is 5.63. The number of rotatable bonds is 6. The Hall–Kier alpha value is -3.49. The zero-order chi connectivity index (χ0) is 19.4. The van der Waals surface area contributed by atoms with Crippen LogP contribution in [-0.2, 0) is 17.9 Å². The SMILES string of the molecule is CC(=O)c1ccc(Cn2ccc(NC(=O)OCc3cccc(F)c3F)n2)o1. The number of halogens is 2. The Morgan fingerprint density at radius 1 is 1.22 bits per heavy atom. The summed E-state index contributed by atoms with van der Waals surface area (Å²) in [6.07, 6.45) is 0.735. The molecule has 9 heteroatoms. The lowest BCUT2D eigenvalue weighted by molar-refractivity contribution is 0.0985. The molecule has 0 aliphatic heterocycles. The van der Waals surface area contributed by atoms with Crippen molar-refractivity contribution in [2.24, 2.45) is 0 Å². The molecule has 0 saturated carbocycles. The fraction of sp³-hybridized carbons (Fsp3) is 0.167. The number of aromatic nitrogens is 2. The van der Waals surface area contributed by atoms with Crippen LogP contribution in [0.4, 0.5) is 19.4 Å². The molecule has 0 bridgehead atoms. The van der Waals surface area contributed by atoms with E-state index in [9.17, 15) is 18.4 Å². The van der Waals surface area contributed by atoms with Crippen LogP contribution in [0.2, 0.25) is 0 Å². The van der Waals surface area contributed by atoms with Gasteiger partial charge >= 0.3 is 6.09 Å². The normalized spacial score (nSPS) is 10.6. The highest BCUT2D eigenvalue weighted by Gasteiger charge is 2.12. The first kappa shape index (κ1) is 18.3. The third-order valence-corrected chi connectivity index (χ3v) is 3.59. The number of ether oxygens (including phenoxy) is 1. The molecular weight excluding hydrogens is 360 g/mol. The molecule has 0 aliphatic rings. The van der Waals surface area contributed by atoms with Crippen molar-refractivity contribution in [3.63, 3.8) is 0 Å². The average Bonchev–Trinajstić information content (AvgIpc) is 3.26. The van der Waals surface area contributed by atoms with Gasteiger partial charge in [-0.05, 0) is 18.2 Å². The van der Waals surface area contributed by atoms with E-state index < -0.39 is 24.3 Å². The summed E-state index contributed by atoms with van der Waals surface area (Å²) >= 11 is 0. The first-order chi connectivity index (χ1) is 12.9. The van der Waals surface area contributed by atoms with Crippen LogP contribution >= 0.6 is 0 Å². The summed E-state index contributed by atoms with van der Waals surface area (Å²) in [5, 5.41) is 6.49. The van der Waals surface area contributed by atoms with Gasteiger partial charge in [-0.15, -0.1) is 0 Å². The maximum Gasteiger partial charge on any atom is 0.413 e. The Labute approximate surface area is 152 Å². The predicted molar refractivity (Wildman–Crippen MR) is 90.2 cm³/mol. The van der Waals surface area contributed by atoms with Gasteiger partial charge in [0.25, 0.3) is 0 Å². The van der Waals surface area contributed by atoms with Crippen LogP contribution in [0.15, 0.2) is 47.0 Å². The molecule has 140 valence electrons. The van der Waals surface area contributed by atoms with Crippen molar-refractivity contribution in [1.29, 1.82) is 0 Å². The molecule has 2 heterocycles. The molecule has 27 heavy (non-hydrogen) atoms. The van der Waals surface area contributed by atoms with E-state index in [0.29, 0.717) is 5.76 Å². The van der Waals surface area contributed by atoms with Gasteiger partial charge in [-0.3, -0.25) is 14.8 Å². The van der Waals surface area contributed by atoms with Crippen LogP contribution in [0.5, 0.6) is 0 Å². The van der Waals surface area contributed by atoms with Crippen LogP contribution < -0.4 is 5.32 Å². The maximum absolute atomic E-state index is 13.5. The summed E-state index contributed by atoms with van der Waals surface area (Å²) in [6.45, 7) is 1.24. The zero-order valence-electron chi connectivity index (χ0n) is 14.2. The largest absolute Gasteiger partial charge is 0.456 e. The standard InChI is InChI=1S/C18H15F2N3O4/c1-11(24)15-6-5-13(27-15)9-23-8-7-16(22-23)21-18(25)26-10-12-3-2-4-14(19)17(12)20/h2-8H,9-10H2,1H3,(H,21,22,25). The van der Waals surface area contributed by atoms with Crippen molar-refractivity contribution in [2.45, 2.75) is 20.1 Å². The van der Waals surface area contributed by atoms with Crippen LogP contribution in [0.1, 0.15) is 28.8 Å². The average molecular weight is 375 g/mol. The van der Waals surface area contributed by atoms with Crippen molar-refractivity contribution in [2.75, 3.05) is 5.32 Å². The van der Waals surface area contributed by atoms with E-state index in [1.165, 1.54) is 29.8 Å². The molecule has 1 N–H and O–H groups in total. The maximum atomic E-state index is 13.5. The minimum atomic E-state index is -1.06. The molecule has 0 unspecified atom stereocenters. The summed E-state index contributed by atoms with van der Waals surface area (Å²) < 4.78 is 38.3. The third-order valence-electron chi connectivity index (χ3n) is 3.59. The van der Waals surface area contributed by atoms with Gasteiger partial charge in [0.15, 0.2) is 29.0 Å². The van der Waals surface area contributed by atoms with E-state index in [2.05, 4.69) is 10.4 Å². The highest BCUT2D eigenvalue weighted by Crippen LogP contribution is 2.14. The second kappa shape index (κ2) is 7.81. The van der Waals surface area contributed by atoms with Crippen LogP contribution in [-0.4, -0.2) is 21.7 Å². The molecule has 0 saturated heterocycles. The molecule has 0 spiro atoms. The van der Waals surface area contributed by atoms with E-state index in [1.54, 1.807) is 18.3 Å². The van der Waals surface area contributed by atoms with Gasteiger partial charge in [0, 0.05) is 24.8 Å². The number of anilines is 1. The van der Waals surface area contributed by atoms with Crippen molar-refractivity contribution >= 4 is 17.7 Å². The first-order valence-electron chi connectivity index (χ1n) is 7.92. The Morgan fingerprint density at radius 2 is 2.04 bits per heavy atom. The molecular formula is C18H15F2N3O4. The van der Waals surface area contributed by atoms with Crippen LogP contribution in [0.25, 0.3) is 0 Å². The lowest BCUT2D eigenvalue weighted by atomic mass is 10.2. The van der Waals surface area contributed by atoms with Crippen molar-refractivity contribution in [3.8, 4) is 0 Å². The van der Waals surface area contributed by atoms with E-state index in [1.807, 2.05) is 0 Å². The monoisotopic (exact) mass is 375 g/mol. The summed E-state index contributed by atoms with van der Waals surface area (Å²) in [5.74, 6) is -1.26. The molecule has 3 rings (SSSR count). The van der Waals surface area contributed by atoms with Gasteiger partial charge in [0.2, 0.25) is 0 Å². The summed E-state index contributed by atoms with van der Waals surface area (Å²) in [4.78, 5) is 23.0. The molecule has 1 aromatic carbocycles. The number of hydrogen-bond acceptors (Lipinski definition) is 5.